The molecule has 2 aromatic heterocycles. The van der Waals surface area contributed by atoms with Gasteiger partial charge in [-0.25, -0.2) is 0 Å². The lowest BCUT2D eigenvalue weighted by molar-refractivity contribution is 0.242. The fourth-order valence-corrected chi connectivity index (χ4v) is 4.10. The molecule has 134 valence electrons. The molecule has 0 aliphatic carbocycles. The average Bonchev–Trinajstić information content (AvgIpc) is 3.35. The van der Waals surface area contributed by atoms with Gasteiger partial charge >= 0.3 is 0 Å². The Morgan fingerprint density at radius 3 is 2.64 bits per heavy atom. The Balaban J connectivity index is 1.48. The second-order valence-electron chi connectivity index (χ2n) is 7.43. The van der Waals surface area contributed by atoms with Crippen molar-refractivity contribution in [3.05, 3.63) is 41.2 Å². The topological polar surface area (TPSA) is 50.1 Å². The summed E-state index contributed by atoms with van der Waals surface area (Å²) < 4.78 is 1.96. The number of rotatable bonds is 5. The van der Waals surface area contributed by atoms with Crippen molar-refractivity contribution in [1.82, 2.24) is 29.5 Å². The van der Waals surface area contributed by atoms with Crippen LogP contribution in [0.4, 0.5) is 0 Å². The van der Waals surface area contributed by atoms with Gasteiger partial charge in [0.05, 0.1) is 23.6 Å². The van der Waals surface area contributed by atoms with Crippen LogP contribution in [-0.2, 0) is 20.1 Å². The zero-order valence-corrected chi connectivity index (χ0v) is 15.4. The molecule has 2 fully saturated rings. The van der Waals surface area contributed by atoms with Gasteiger partial charge in [0, 0.05) is 43.8 Å². The number of hydrogen-bond donors (Lipinski definition) is 0. The van der Waals surface area contributed by atoms with Gasteiger partial charge < -0.3 is 0 Å². The van der Waals surface area contributed by atoms with Crippen LogP contribution in [-0.4, -0.2) is 49.2 Å². The van der Waals surface area contributed by atoms with E-state index in [1.807, 2.05) is 30.3 Å². The SMILES string of the molecule is Cc1c(CN2CCC[C@@H]2c2cncc(CN3CCCC3)n2)cnn1C. The maximum atomic E-state index is 4.97. The van der Waals surface area contributed by atoms with E-state index in [4.69, 9.17) is 4.98 Å². The Hall–Kier alpha value is -1.79. The molecule has 2 aromatic rings. The second kappa shape index (κ2) is 7.22. The first-order chi connectivity index (χ1) is 12.2. The minimum atomic E-state index is 0.380. The van der Waals surface area contributed by atoms with E-state index in [1.165, 1.54) is 50.0 Å². The smallest absolute Gasteiger partial charge is 0.0762 e. The Morgan fingerprint density at radius 1 is 1.04 bits per heavy atom. The normalized spacial score (nSPS) is 22.1. The number of nitrogens with zero attached hydrogens (tertiary/aromatic N) is 6. The highest BCUT2D eigenvalue weighted by Crippen LogP contribution is 2.32. The standard InChI is InChI=1S/C19H28N6/c1-15-16(10-21-23(15)2)13-25-9-5-6-19(25)18-12-20-11-17(22-18)14-24-7-3-4-8-24/h10-12,19H,3-9,13-14H2,1-2H3/t19-/m1/s1. The molecule has 2 aliphatic rings. The third kappa shape index (κ3) is 3.60. The van der Waals surface area contributed by atoms with Crippen molar-refractivity contribution in [3.63, 3.8) is 0 Å². The summed E-state index contributed by atoms with van der Waals surface area (Å²) >= 11 is 0. The van der Waals surface area contributed by atoms with Crippen LogP contribution in [0.3, 0.4) is 0 Å². The number of hydrogen-bond acceptors (Lipinski definition) is 5. The van der Waals surface area contributed by atoms with Crippen LogP contribution in [0.2, 0.25) is 0 Å². The quantitative estimate of drug-likeness (QED) is 0.837. The van der Waals surface area contributed by atoms with E-state index in [2.05, 4.69) is 26.8 Å². The van der Waals surface area contributed by atoms with E-state index >= 15 is 0 Å². The molecule has 0 N–H and O–H groups in total. The molecule has 0 unspecified atom stereocenters. The molecule has 6 nitrogen and oxygen atoms in total. The fraction of sp³-hybridized carbons (Fsp3) is 0.632. The highest BCUT2D eigenvalue weighted by atomic mass is 15.3. The minimum Gasteiger partial charge on any atom is -0.297 e. The fourth-order valence-electron chi connectivity index (χ4n) is 4.10. The van der Waals surface area contributed by atoms with Crippen LogP contribution < -0.4 is 0 Å². The van der Waals surface area contributed by atoms with E-state index in [0.29, 0.717) is 6.04 Å². The molecule has 0 spiro atoms. The molecule has 6 heteroatoms. The summed E-state index contributed by atoms with van der Waals surface area (Å²) in [5.41, 5.74) is 4.81. The zero-order chi connectivity index (χ0) is 17.2. The predicted molar refractivity (Wildman–Crippen MR) is 96.9 cm³/mol. The van der Waals surface area contributed by atoms with Gasteiger partial charge in [-0.2, -0.15) is 5.10 Å². The molecule has 0 saturated carbocycles. The second-order valence-corrected chi connectivity index (χ2v) is 7.43. The molecule has 0 amide bonds. The molecule has 0 aromatic carbocycles. The van der Waals surface area contributed by atoms with Gasteiger partial charge in [0.1, 0.15) is 0 Å². The van der Waals surface area contributed by atoms with E-state index in [0.717, 1.165) is 31.0 Å². The predicted octanol–water partition coefficient (Wildman–Crippen LogP) is 2.45. The average molecular weight is 340 g/mol. The Labute approximate surface area is 149 Å². The van der Waals surface area contributed by atoms with Gasteiger partial charge in [0.2, 0.25) is 0 Å². The lowest BCUT2D eigenvalue weighted by Gasteiger charge is -2.24. The van der Waals surface area contributed by atoms with E-state index in [1.54, 1.807) is 0 Å². The first-order valence-corrected chi connectivity index (χ1v) is 9.45. The van der Waals surface area contributed by atoms with Crippen LogP contribution in [0.15, 0.2) is 18.6 Å². The van der Waals surface area contributed by atoms with Crippen molar-refractivity contribution >= 4 is 0 Å². The highest BCUT2D eigenvalue weighted by Gasteiger charge is 2.28. The van der Waals surface area contributed by atoms with Crippen molar-refractivity contribution in [3.8, 4) is 0 Å². The first kappa shape index (κ1) is 16.7. The van der Waals surface area contributed by atoms with Crippen molar-refractivity contribution in [2.24, 2.45) is 7.05 Å². The summed E-state index contributed by atoms with van der Waals surface area (Å²) in [6, 6.07) is 0.380. The maximum absolute atomic E-state index is 4.97. The van der Waals surface area contributed by atoms with Crippen molar-refractivity contribution in [1.29, 1.82) is 0 Å². The summed E-state index contributed by atoms with van der Waals surface area (Å²) in [4.78, 5) is 14.5. The molecule has 0 bridgehead atoms. The molecular formula is C19H28N6. The number of aromatic nitrogens is 4. The number of likely N-dealkylation sites (tertiary alicyclic amines) is 2. The zero-order valence-electron chi connectivity index (χ0n) is 15.4. The number of aryl methyl sites for hydroxylation is 1. The van der Waals surface area contributed by atoms with Crippen molar-refractivity contribution in [2.75, 3.05) is 19.6 Å². The van der Waals surface area contributed by atoms with Gasteiger partial charge in [-0.05, 0) is 52.2 Å². The lowest BCUT2D eigenvalue weighted by atomic mass is 10.1. The monoisotopic (exact) mass is 340 g/mol. The van der Waals surface area contributed by atoms with E-state index in [-0.39, 0.29) is 0 Å². The molecule has 25 heavy (non-hydrogen) atoms. The lowest BCUT2D eigenvalue weighted by Crippen LogP contribution is -2.25. The summed E-state index contributed by atoms with van der Waals surface area (Å²) in [6.45, 7) is 7.54. The Bertz CT molecular complexity index is 718. The minimum absolute atomic E-state index is 0.380. The van der Waals surface area contributed by atoms with Crippen LogP contribution >= 0.6 is 0 Å². The third-order valence-corrected chi connectivity index (χ3v) is 5.70. The van der Waals surface area contributed by atoms with Gasteiger partial charge in [0.25, 0.3) is 0 Å². The van der Waals surface area contributed by atoms with E-state index < -0.39 is 0 Å². The molecule has 1 atom stereocenters. The largest absolute Gasteiger partial charge is 0.297 e. The van der Waals surface area contributed by atoms with Gasteiger partial charge in [0.15, 0.2) is 0 Å². The highest BCUT2D eigenvalue weighted by molar-refractivity contribution is 5.17. The van der Waals surface area contributed by atoms with Crippen LogP contribution in [0.5, 0.6) is 0 Å². The van der Waals surface area contributed by atoms with Crippen LogP contribution in [0.1, 0.15) is 54.4 Å². The van der Waals surface area contributed by atoms with Gasteiger partial charge in [-0.3, -0.25) is 24.4 Å². The van der Waals surface area contributed by atoms with Crippen molar-refractivity contribution in [2.45, 2.75) is 51.7 Å². The van der Waals surface area contributed by atoms with Crippen molar-refractivity contribution < 1.29 is 0 Å². The Morgan fingerprint density at radius 2 is 1.88 bits per heavy atom. The molecule has 4 heterocycles. The third-order valence-electron chi connectivity index (χ3n) is 5.70. The molecule has 0 radical (unpaired) electrons. The van der Waals surface area contributed by atoms with E-state index in [9.17, 15) is 0 Å². The molecule has 2 aliphatic heterocycles. The molecular weight excluding hydrogens is 312 g/mol. The van der Waals surface area contributed by atoms with Crippen LogP contribution in [0.25, 0.3) is 0 Å². The summed E-state index contributed by atoms with van der Waals surface area (Å²) in [5.74, 6) is 0. The van der Waals surface area contributed by atoms with Gasteiger partial charge in [-0.15, -0.1) is 0 Å². The maximum Gasteiger partial charge on any atom is 0.0762 e. The summed E-state index contributed by atoms with van der Waals surface area (Å²) in [7, 11) is 2.01. The molecule has 2 saturated heterocycles. The summed E-state index contributed by atoms with van der Waals surface area (Å²) in [6.07, 6.45) is 10.9. The van der Waals surface area contributed by atoms with Crippen LogP contribution in [0, 0.1) is 6.92 Å². The Kier molecular flexibility index (Phi) is 4.81. The molecule has 4 rings (SSSR count). The van der Waals surface area contributed by atoms with Gasteiger partial charge in [-0.1, -0.05) is 0 Å². The first-order valence-electron chi connectivity index (χ1n) is 9.45. The summed E-state index contributed by atoms with van der Waals surface area (Å²) in [5, 5.41) is 4.38.